The second-order valence-corrected chi connectivity index (χ2v) is 6.03. The van der Waals surface area contributed by atoms with Crippen LogP contribution in [0.5, 0.6) is 0 Å². The zero-order valence-corrected chi connectivity index (χ0v) is 12.4. The molecular formula is C12H16ClNO5S. The van der Waals surface area contributed by atoms with Crippen LogP contribution in [0.3, 0.4) is 0 Å². The van der Waals surface area contributed by atoms with Crippen LogP contribution >= 0.6 is 11.6 Å². The van der Waals surface area contributed by atoms with Gasteiger partial charge in [0.1, 0.15) is 5.88 Å². The smallest absolute Gasteiger partial charge is 0.297 e. The third kappa shape index (κ3) is 5.46. The molecule has 0 saturated heterocycles. The van der Waals surface area contributed by atoms with Gasteiger partial charge in [-0.05, 0) is 19.1 Å². The van der Waals surface area contributed by atoms with Gasteiger partial charge in [-0.25, -0.2) is 0 Å². The van der Waals surface area contributed by atoms with Gasteiger partial charge in [-0.2, -0.15) is 8.42 Å². The SMILES string of the molecule is Cc1ccc(S(=O)(=O)OCC(O)CNC(=O)CCl)cc1. The molecule has 0 bridgehead atoms. The van der Waals surface area contributed by atoms with E-state index in [-0.39, 0.29) is 17.3 Å². The average Bonchev–Trinajstić information content (AvgIpc) is 2.43. The lowest BCUT2D eigenvalue weighted by Crippen LogP contribution is -2.35. The Morgan fingerprint density at radius 1 is 1.40 bits per heavy atom. The van der Waals surface area contributed by atoms with Crippen molar-refractivity contribution in [3.63, 3.8) is 0 Å². The van der Waals surface area contributed by atoms with Gasteiger partial charge in [-0.1, -0.05) is 17.7 Å². The average molecular weight is 322 g/mol. The van der Waals surface area contributed by atoms with Gasteiger partial charge in [0.2, 0.25) is 5.91 Å². The third-order valence-corrected chi connectivity index (χ3v) is 3.92. The summed E-state index contributed by atoms with van der Waals surface area (Å²) in [5.41, 5.74) is 0.924. The number of hydrogen-bond donors (Lipinski definition) is 2. The molecule has 112 valence electrons. The summed E-state index contributed by atoms with van der Waals surface area (Å²) in [6.07, 6.45) is -1.14. The fourth-order valence-corrected chi connectivity index (χ4v) is 2.32. The summed E-state index contributed by atoms with van der Waals surface area (Å²) < 4.78 is 28.3. The maximum atomic E-state index is 11.8. The molecule has 0 radical (unpaired) electrons. The van der Waals surface area contributed by atoms with Crippen LogP contribution in [0.15, 0.2) is 29.2 Å². The molecule has 0 spiro atoms. The number of aryl methyl sites for hydroxylation is 1. The second-order valence-electron chi connectivity index (χ2n) is 4.14. The summed E-state index contributed by atoms with van der Waals surface area (Å²) in [7, 11) is -3.91. The van der Waals surface area contributed by atoms with E-state index >= 15 is 0 Å². The monoisotopic (exact) mass is 321 g/mol. The summed E-state index contributed by atoms with van der Waals surface area (Å²) in [6.45, 7) is 1.26. The molecule has 0 aliphatic carbocycles. The first-order valence-corrected chi connectivity index (χ1v) is 7.76. The summed E-state index contributed by atoms with van der Waals surface area (Å²) in [6, 6.07) is 6.14. The van der Waals surface area contributed by atoms with E-state index in [9.17, 15) is 18.3 Å². The standard InChI is InChI=1S/C12H16ClNO5S/c1-9-2-4-11(5-3-9)20(17,18)19-8-10(15)7-14-12(16)6-13/h2-5,10,15H,6-8H2,1H3,(H,14,16). The topological polar surface area (TPSA) is 92.7 Å². The van der Waals surface area contributed by atoms with Gasteiger partial charge >= 0.3 is 0 Å². The molecule has 0 aliphatic rings. The number of carbonyl (C=O) groups excluding carboxylic acids is 1. The molecule has 0 aromatic heterocycles. The first kappa shape index (κ1) is 16.9. The molecule has 1 atom stereocenters. The minimum Gasteiger partial charge on any atom is -0.389 e. The Balaban J connectivity index is 2.51. The van der Waals surface area contributed by atoms with Gasteiger partial charge < -0.3 is 10.4 Å². The van der Waals surface area contributed by atoms with E-state index in [1.165, 1.54) is 12.1 Å². The van der Waals surface area contributed by atoms with E-state index in [2.05, 4.69) is 5.32 Å². The summed E-state index contributed by atoms with van der Waals surface area (Å²) in [5, 5.41) is 11.8. The van der Waals surface area contributed by atoms with Gasteiger partial charge in [0.05, 0.1) is 17.6 Å². The van der Waals surface area contributed by atoms with Crippen molar-refractivity contribution in [1.29, 1.82) is 0 Å². The predicted molar refractivity (Wildman–Crippen MR) is 74.1 cm³/mol. The van der Waals surface area contributed by atoms with Crippen LogP contribution in [0.25, 0.3) is 0 Å². The largest absolute Gasteiger partial charge is 0.389 e. The zero-order chi connectivity index (χ0) is 15.2. The molecule has 1 rings (SSSR count). The molecule has 1 amide bonds. The number of hydrogen-bond acceptors (Lipinski definition) is 5. The Morgan fingerprint density at radius 2 is 2.00 bits per heavy atom. The third-order valence-electron chi connectivity index (χ3n) is 2.38. The van der Waals surface area contributed by atoms with Crippen molar-refractivity contribution >= 4 is 27.6 Å². The minimum atomic E-state index is -3.91. The van der Waals surface area contributed by atoms with Gasteiger partial charge in [-0.3, -0.25) is 8.98 Å². The lowest BCUT2D eigenvalue weighted by Gasteiger charge is -2.12. The highest BCUT2D eigenvalue weighted by molar-refractivity contribution is 7.86. The van der Waals surface area contributed by atoms with Crippen molar-refractivity contribution < 1.29 is 22.5 Å². The fraction of sp³-hybridized carbons (Fsp3) is 0.417. The highest BCUT2D eigenvalue weighted by Crippen LogP contribution is 2.13. The highest BCUT2D eigenvalue weighted by atomic mass is 35.5. The van der Waals surface area contributed by atoms with Gasteiger partial charge in [-0.15, -0.1) is 11.6 Å². The van der Waals surface area contributed by atoms with E-state index in [0.717, 1.165) is 5.56 Å². The Kier molecular flexibility index (Phi) is 6.41. The number of aliphatic hydroxyl groups is 1. The first-order chi connectivity index (χ1) is 9.35. The van der Waals surface area contributed by atoms with Crippen LogP contribution in [-0.2, 0) is 19.1 Å². The van der Waals surface area contributed by atoms with Crippen molar-refractivity contribution in [2.75, 3.05) is 19.0 Å². The fourth-order valence-electron chi connectivity index (χ4n) is 1.28. The Bertz CT molecular complexity index is 543. The second kappa shape index (κ2) is 7.58. The molecule has 2 N–H and O–H groups in total. The van der Waals surface area contributed by atoms with E-state index in [1.54, 1.807) is 12.1 Å². The van der Waals surface area contributed by atoms with Crippen molar-refractivity contribution in [3.05, 3.63) is 29.8 Å². The highest BCUT2D eigenvalue weighted by Gasteiger charge is 2.17. The van der Waals surface area contributed by atoms with Crippen LogP contribution in [0.2, 0.25) is 0 Å². The molecule has 1 unspecified atom stereocenters. The normalized spacial score (nSPS) is 12.9. The quantitative estimate of drug-likeness (QED) is 0.561. The maximum Gasteiger partial charge on any atom is 0.297 e. The first-order valence-electron chi connectivity index (χ1n) is 5.82. The molecule has 0 heterocycles. The number of rotatable bonds is 7. The molecule has 8 heteroatoms. The Labute approximate surface area is 122 Å². The number of amides is 1. The summed E-state index contributed by atoms with van der Waals surface area (Å²) in [5.74, 6) is -0.679. The lowest BCUT2D eigenvalue weighted by molar-refractivity contribution is -0.119. The lowest BCUT2D eigenvalue weighted by atomic mass is 10.2. The van der Waals surface area contributed by atoms with Gasteiger partial charge in [0.25, 0.3) is 10.1 Å². The van der Waals surface area contributed by atoms with E-state index in [4.69, 9.17) is 15.8 Å². The number of halogens is 1. The van der Waals surface area contributed by atoms with Gasteiger partial charge in [0.15, 0.2) is 0 Å². The molecule has 0 aliphatic heterocycles. The Hall–Kier alpha value is -1.15. The van der Waals surface area contributed by atoms with E-state index in [0.29, 0.717) is 0 Å². The molecule has 0 fully saturated rings. The van der Waals surface area contributed by atoms with Crippen molar-refractivity contribution in [2.24, 2.45) is 0 Å². The molecule has 1 aromatic rings. The number of alkyl halides is 1. The number of nitrogens with one attached hydrogen (secondary N) is 1. The number of benzene rings is 1. The maximum absolute atomic E-state index is 11.8. The molecule has 1 aromatic carbocycles. The molecule has 0 saturated carbocycles. The van der Waals surface area contributed by atoms with Crippen molar-refractivity contribution in [1.82, 2.24) is 5.32 Å². The van der Waals surface area contributed by atoms with Gasteiger partial charge in [0, 0.05) is 6.54 Å². The van der Waals surface area contributed by atoms with Crippen molar-refractivity contribution in [3.8, 4) is 0 Å². The van der Waals surface area contributed by atoms with Crippen LogP contribution in [-0.4, -0.2) is 44.6 Å². The molecule has 6 nitrogen and oxygen atoms in total. The van der Waals surface area contributed by atoms with E-state index < -0.39 is 28.7 Å². The van der Waals surface area contributed by atoms with E-state index in [1.807, 2.05) is 6.92 Å². The van der Waals surface area contributed by atoms with Crippen LogP contribution in [0.1, 0.15) is 5.56 Å². The summed E-state index contributed by atoms with van der Waals surface area (Å²) in [4.78, 5) is 10.9. The predicted octanol–water partition coefficient (Wildman–Crippen LogP) is 0.416. The van der Waals surface area contributed by atoms with Crippen molar-refractivity contribution in [2.45, 2.75) is 17.9 Å². The van der Waals surface area contributed by atoms with Crippen LogP contribution in [0.4, 0.5) is 0 Å². The Morgan fingerprint density at radius 3 is 2.55 bits per heavy atom. The molecule has 20 heavy (non-hydrogen) atoms. The number of carbonyl (C=O) groups is 1. The van der Waals surface area contributed by atoms with Crippen LogP contribution in [0, 0.1) is 6.92 Å². The molecular weight excluding hydrogens is 306 g/mol. The summed E-state index contributed by atoms with van der Waals surface area (Å²) >= 11 is 5.26. The van der Waals surface area contributed by atoms with Crippen LogP contribution < -0.4 is 5.32 Å². The minimum absolute atomic E-state index is 0.0140. The zero-order valence-electron chi connectivity index (χ0n) is 10.9. The number of aliphatic hydroxyl groups excluding tert-OH is 1.